The normalized spacial score (nSPS) is 10.8. The maximum atomic E-state index is 11.6. The SMILES string of the molecule is CC(=O)c1cccc(Nc2nc(-c3ccccc3)nc3[nH]c(C)cc23)c1. The Kier molecular flexibility index (Phi) is 3.97. The molecule has 0 atom stereocenters. The van der Waals surface area contributed by atoms with Crippen LogP contribution in [0.15, 0.2) is 60.7 Å². The van der Waals surface area contributed by atoms with E-state index in [0.29, 0.717) is 17.2 Å². The van der Waals surface area contributed by atoms with Crippen molar-refractivity contribution >= 4 is 28.3 Å². The van der Waals surface area contributed by atoms with E-state index in [9.17, 15) is 4.79 Å². The van der Waals surface area contributed by atoms with Crippen LogP contribution in [0.2, 0.25) is 0 Å². The van der Waals surface area contributed by atoms with Crippen molar-refractivity contribution in [3.63, 3.8) is 0 Å². The quantitative estimate of drug-likeness (QED) is 0.519. The summed E-state index contributed by atoms with van der Waals surface area (Å²) in [5.41, 5.74) is 4.22. The molecule has 128 valence electrons. The lowest BCUT2D eigenvalue weighted by molar-refractivity contribution is 0.101. The third kappa shape index (κ3) is 3.07. The molecule has 0 radical (unpaired) electrons. The van der Waals surface area contributed by atoms with Gasteiger partial charge in [-0.25, -0.2) is 9.97 Å². The van der Waals surface area contributed by atoms with Gasteiger partial charge in [-0.1, -0.05) is 42.5 Å². The summed E-state index contributed by atoms with van der Waals surface area (Å²) in [4.78, 5) is 24.3. The van der Waals surface area contributed by atoms with Crippen molar-refractivity contribution in [2.45, 2.75) is 13.8 Å². The number of ketones is 1. The Morgan fingerprint density at radius 1 is 1.00 bits per heavy atom. The van der Waals surface area contributed by atoms with E-state index >= 15 is 0 Å². The van der Waals surface area contributed by atoms with Crippen molar-refractivity contribution in [2.24, 2.45) is 0 Å². The van der Waals surface area contributed by atoms with Gasteiger partial charge >= 0.3 is 0 Å². The van der Waals surface area contributed by atoms with E-state index < -0.39 is 0 Å². The van der Waals surface area contributed by atoms with Crippen molar-refractivity contribution in [1.82, 2.24) is 15.0 Å². The summed E-state index contributed by atoms with van der Waals surface area (Å²) in [6.07, 6.45) is 0. The summed E-state index contributed by atoms with van der Waals surface area (Å²) in [6, 6.07) is 19.3. The van der Waals surface area contributed by atoms with Crippen LogP contribution in [0.4, 0.5) is 11.5 Å². The molecule has 0 aliphatic rings. The zero-order valence-electron chi connectivity index (χ0n) is 14.6. The molecule has 4 aromatic rings. The number of aromatic nitrogens is 3. The van der Waals surface area contributed by atoms with Gasteiger partial charge in [0.25, 0.3) is 0 Å². The highest BCUT2D eigenvalue weighted by Gasteiger charge is 2.12. The topological polar surface area (TPSA) is 70.7 Å². The van der Waals surface area contributed by atoms with Gasteiger partial charge in [0.05, 0.1) is 5.39 Å². The van der Waals surface area contributed by atoms with Crippen LogP contribution in [0.3, 0.4) is 0 Å². The molecular weight excluding hydrogens is 324 g/mol. The fourth-order valence-electron chi connectivity index (χ4n) is 2.91. The first-order chi connectivity index (χ1) is 12.6. The number of aryl methyl sites for hydroxylation is 1. The van der Waals surface area contributed by atoms with Crippen LogP contribution < -0.4 is 5.32 Å². The largest absolute Gasteiger partial charge is 0.343 e. The molecule has 0 bridgehead atoms. The lowest BCUT2D eigenvalue weighted by Gasteiger charge is -2.10. The van der Waals surface area contributed by atoms with Crippen molar-refractivity contribution in [3.8, 4) is 11.4 Å². The summed E-state index contributed by atoms with van der Waals surface area (Å²) in [5.74, 6) is 1.38. The molecule has 0 unspecified atom stereocenters. The molecule has 2 aromatic carbocycles. The van der Waals surface area contributed by atoms with E-state index in [2.05, 4.69) is 15.3 Å². The van der Waals surface area contributed by atoms with Crippen molar-refractivity contribution < 1.29 is 4.79 Å². The second kappa shape index (κ2) is 6.44. The molecule has 2 heterocycles. The zero-order chi connectivity index (χ0) is 18.1. The van der Waals surface area contributed by atoms with Crippen LogP contribution in [0.5, 0.6) is 0 Å². The van der Waals surface area contributed by atoms with Crippen molar-refractivity contribution in [3.05, 3.63) is 71.9 Å². The number of benzene rings is 2. The molecule has 0 aliphatic carbocycles. The molecule has 0 fully saturated rings. The molecule has 0 saturated heterocycles. The van der Waals surface area contributed by atoms with Crippen LogP contribution in [0.25, 0.3) is 22.4 Å². The number of aromatic amines is 1. The molecule has 4 rings (SSSR count). The number of rotatable bonds is 4. The first-order valence-electron chi connectivity index (χ1n) is 8.41. The number of anilines is 2. The molecule has 2 N–H and O–H groups in total. The van der Waals surface area contributed by atoms with E-state index in [1.54, 1.807) is 13.0 Å². The Morgan fingerprint density at radius 2 is 1.81 bits per heavy atom. The minimum Gasteiger partial charge on any atom is -0.343 e. The number of hydrogen-bond donors (Lipinski definition) is 2. The summed E-state index contributed by atoms with van der Waals surface area (Å²) in [6.45, 7) is 3.55. The highest BCUT2D eigenvalue weighted by molar-refractivity contribution is 5.96. The number of nitrogens with one attached hydrogen (secondary N) is 2. The van der Waals surface area contributed by atoms with E-state index in [1.807, 2.05) is 61.5 Å². The molecule has 26 heavy (non-hydrogen) atoms. The van der Waals surface area contributed by atoms with Crippen LogP contribution >= 0.6 is 0 Å². The van der Waals surface area contributed by atoms with Gasteiger partial charge in [0, 0.05) is 22.5 Å². The second-order valence-corrected chi connectivity index (χ2v) is 6.24. The molecular formula is C21H18N4O. The Morgan fingerprint density at radius 3 is 2.58 bits per heavy atom. The fourth-order valence-corrected chi connectivity index (χ4v) is 2.91. The molecule has 0 aliphatic heterocycles. The molecule has 5 nitrogen and oxygen atoms in total. The monoisotopic (exact) mass is 342 g/mol. The lowest BCUT2D eigenvalue weighted by Crippen LogP contribution is -2.00. The highest BCUT2D eigenvalue weighted by Crippen LogP contribution is 2.28. The van der Waals surface area contributed by atoms with Gasteiger partial charge < -0.3 is 10.3 Å². The van der Waals surface area contributed by atoms with E-state index in [1.165, 1.54) is 0 Å². The van der Waals surface area contributed by atoms with Crippen LogP contribution in [0, 0.1) is 6.92 Å². The van der Waals surface area contributed by atoms with Crippen molar-refractivity contribution in [1.29, 1.82) is 0 Å². The third-order valence-electron chi connectivity index (χ3n) is 4.19. The fraction of sp³-hybridized carbons (Fsp3) is 0.0952. The van der Waals surface area contributed by atoms with Gasteiger partial charge in [0.15, 0.2) is 11.6 Å². The average molecular weight is 342 g/mol. The number of hydrogen-bond acceptors (Lipinski definition) is 4. The Labute approximate surface area is 151 Å². The summed E-state index contributed by atoms with van der Waals surface area (Å²) in [5, 5.41) is 4.25. The number of carbonyl (C=O) groups is 1. The van der Waals surface area contributed by atoms with Gasteiger partial charge in [-0.3, -0.25) is 4.79 Å². The average Bonchev–Trinajstić information content (AvgIpc) is 3.03. The molecule has 0 spiro atoms. The number of Topliss-reactive ketones (excluding diaryl/α,β-unsaturated/α-hetero) is 1. The smallest absolute Gasteiger partial charge is 0.163 e. The van der Waals surface area contributed by atoms with Crippen LogP contribution in [-0.2, 0) is 0 Å². The standard InChI is InChI=1S/C21H18N4O/c1-13-11-18-20(22-13)24-19(15-7-4-3-5-8-15)25-21(18)23-17-10-6-9-16(12-17)14(2)26/h3-12H,1-2H3,(H2,22,23,24,25). The Hall–Kier alpha value is -3.47. The minimum absolute atomic E-state index is 0.0314. The Balaban J connectivity index is 1.83. The van der Waals surface area contributed by atoms with Gasteiger partial charge in [-0.2, -0.15) is 0 Å². The predicted octanol–water partition coefficient (Wildman–Crippen LogP) is 4.88. The van der Waals surface area contributed by atoms with E-state index in [0.717, 1.165) is 28.0 Å². The second-order valence-electron chi connectivity index (χ2n) is 6.24. The van der Waals surface area contributed by atoms with Gasteiger partial charge in [-0.05, 0) is 32.0 Å². The summed E-state index contributed by atoms with van der Waals surface area (Å²) in [7, 11) is 0. The zero-order valence-corrected chi connectivity index (χ0v) is 14.6. The van der Waals surface area contributed by atoms with Gasteiger partial charge in [0.1, 0.15) is 11.5 Å². The third-order valence-corrected chi connectivity index (χ3v) is 4.19. The maximum absolute atomic E-state index is 11.6. The van der Waals surface area contributed by atoms with E-state index in [4.69, 9.17) is 4.98 Å². The predicted molar refractivity (Wildman–Crippen MR) is 104 cm³/mol. The van der Waals surface area contributed by atoms with Crippen LogP contribution in [0.1, 0.15) is 23.0 Å². The van der Waals surface area contributed by atoms with E-state index in [-0.39, 0.29) is 5.78 Å². The molecule has 0 saturated carbocycles. The maximum Gasteiger partial charge on any atom is 0.163 e. The van der Waals surface area contributed by atoms with Gasteiger partial charge in [0.2, 0.25) is 0 Å². The van der Waals surface area contributed by atoms with Crippen LogP contribution in [-0.4, -0.2) is 20.7 Å². The number of fused-ring (bicyclic) bond motifs is 1. The molecule has 0 amide bonds. The summed E-state index contributed by atoms with van der Waals surface area (Å²) >= 11 is 0. The Bertz CT molecular complexity index is 1100. The van der Waals surface area contributed by atoms with Gasteiger partial charge in [-0.15, -0.1) is 0 Å². The highest BCUT2D eigenvalue weighted by atomic mass is 16.1. The first-order valence-corrected chi connectivity index (χ1v) is 8.41. The molecule has 2 aromatic heterocycles. The summed E-state index contributed by atoms with van der Waals surface area (Å²) < 4.78 is 0. The number of H-pyrrole nitrogens is 1. The first kappa shape index (κ1) is 16.0. The lowest BCUT2D eigenvalue weighted by atomic mass is 10.1. The minimum atomic E-state index is 0.0314. The number of nitrogens with zero attached hydrogens (tertiary/aromatic N) is 2. The number of carbonyl (C=O) groups excluding carboxylic acids is 1. The molecule has 5 heteroatoms. The van der Waals surface area contributed by atoms with Crippen molar-refractivity contribution in [2.75, 3.05) is 5.32 Å².